The number of hydrogen-bond acceptors (Lipinski definition) is 6. The molecular formula is C19H14ClNO4S. The quantitative estimate of drug-likeness (QED) is 0.736. The molecule has 0 atom stereocenters. The molecule has 0 bridgehead atoms. The Balaban J connectivity index is 2.04. The minimum absolute atomic E-state index is 0.00106. The van der Waals surface area contributed by atoms with Crippen molar-refractivity contribution in [2.45, 2.75) is 0 Å². The van der Waals surface area contributed by atoms with Gasteiger partial charge in [0.15, 0.2) is 0 Å². The van der Waals surface area contributed by atoms with Crippen LogP contribution in [0.15, 0.2) is 69.8 Å². The monoisotopic (exact) mass is 387 g/mol. The molecule has 0 fully saturated rings. The van der Waals surface area contributed by atoms with Gasteiger partial charge in [-0.1, -0.05) is 35.5 Å². The van der Waals surface area contributed by atoms with Gasteiger partial charge in [-0.05, 0) is 48.0 Å². The average molecular weight is 388 g/mol. The summed E-state index contributed by atoms with van der Waals surface area (Å²) < 4.78 is 4.77. The number of aliphatic hydroxyl groups excluding tert-OH is 1. The number of ether oxygens (including phenoxy) is 1. The number of halogens is 1. The van der Waals surface area contributed by atoms with Crippen LogP contribution in [-0.4, -0.2) is 28.3 Å². The Morgan fingerprint density at radius 3 is 2.58 bits per heavy atom. The highest BCUT2D eigenvalue weighted by Crippen LogP contribution is 2.40. The predicted molar refractivity (Wildman–Crippen MR) is 104 cm³/mol. The first-order chi connectivity index (χ1) is 12.5. The summed E-state index contributed by atoms with van der Waals surface area (Å²) in [4.78, 5) is 17.0. The zero-order valence-electron chi connectivity index (χ0n) is 13.6. The van der Waals surface area contributed by atoms with Crippen LogP contribution in [0.4, 0.5) is 5.69 Å². The number of nitrogens with zero attached hydrogens (tertiary/aromatic N) is 1. The van der Waals surface area contributed by atoms with Crippen LogP contribution in [0.1, 0.15) is 5.56 Å². The Morgan fingerprint density at radius 2 is 1.92 bits per heavy atom. The van der Waals surface area contributed by atoms with E-state index in [-0.39, 0.29) is 17.1 Å². The second kappa shape index (κ2) is 7.68. The van der Waals surface area contributed by atoms with Crippen LogP contribution in [0.3, 0.4) is 0 Å². The van der Waals surface area contributed by atoms with E-state index < -0.39 is 5.97 Å². The Hall–Kier alpha value is -2.70. The van der Waals surface area contributed by atoms with Crippen molar-refractivity contribution in [3.8, 4) is 5.75 Å². The standard InChI is InChI=1S/C19H14ClNO4S/c1-25-19(24)16-17(23)15(10-11-3-2-4-14(22)9-11)26-18(16)21-13-7-5-12(20)6-8-13/h2-10,22-23H,1H3. The second-order valence-corrected chi connectivity index (χ2v) is 6.78. The molecule has 0 aliphatic carbocycles. The summed E-state index contributed by atoms with van der Waals surface area (Å²) >= 11 is 7.01. The number of benzene rings is 2. The van der Waals surface area contributed by atoms with E-state index in [4.69, 9.17) is 16.3 Å². The van der Waals surface area contributed by atoms with E-state index in [1.807, 2.05) is 0 Å². The van der Waals surface area contributed by atoms with Gasteiger partial charge in [0.05, 0.1) is 17.7 Å². The molecule has 1 aliphatic rings. The molecule has 0 spiro atoms. The fourth-order valence-electron chi connectivity index (χ4n) is 2.29. The summed E-state index contributed by atoms with van der Waals surface area (Å²) in [5, 5.41) is 21.0. The van der Waals surface area contributed by atoms with Gasteiger partial charge in [0.25, 0.3) is 0 Å². The fourth-order valence-corrected chi connectivity index (χ4v) is 3.45. The lowest BCUT2D eigenvalue weighted by molar-refractivity contribution is -0.135. The van der Waals surface area contributed by atoms with E-state index in [0.29, 0.717) is 26.2 Å². The van der Waals surface area contributed by atoms with Crippen molar-refractivity contribution in [3.63, 3.8) is 0 Å². The lowest BCUT2D eigenvalue weighted by Crippen LogP contribution is -2.10. The molecule has 5 nitrogen and oxygen atoms in total. The van der Waals surface area contributed by atoms with E-state index in [1.54, 1.807) is 54.6 Å². The smallest absolute Gasteiger partial charge is 0.344 e. The number of hydrogen-bond donors (Lipinski definition) is 2. The Kier molecular flexibility index (Phi) is 5.35. The molecule has 0 saturated carbocycles. The molecule has 3 rings (SSSR count). The summed E-state index contributed by atoms with van der Waals surface area (Å²) in [5.41, 5.74) is 1.26. The van der Waals surface area contributed by atoms with Crippen molar-refractivity contribution < 1.29 is 19.7 Å². The maximum Gasteiger partial charge on any atom is 0.344 e. The van der Waals surface area contributed by atoms with E-state index >= 15 is 0 Å². The first kappa shape index (κ1) is 18.1. The molecule has 1 aliphatic heterocycles. The number of phenols is 1. The van der Waals surface area contributed by atoms with E-state index in [1.165, 1.54) is 7.11 Å². The number of aromatic hydroxyl groups is 1. The minimum Gasteiger partial charge on any atom is -0.508 e. The Bertz CT molecular complexity index is 948. The SMILES string of the molecule is COC(=O)C1=C(O)C(=Cc2cccc(O)c2)SC1=Nc1ccc(Cl)cc1. The molecule has 0 aromatic heterocycles. The van der Waals surface area contributed by atoms with Gasteiger partial charge < -0.3 is 14.9 Å². The maximum atomic E-state index is 12.1. The zero-order valence-corrected chi connectivity index (χ0v) is 15.2. The highest BCUT2D eigenvalue weighted by atomic mass is 35.5. The van der Waals surface area contributed by atoms with Gasteiger partial charge in [0.2, 0.25) is 0 Å². The second-order valence-electron chi connectivity index (χ2n) is 5.31. The summed E-state index contributed by atoms with van der Waals surface area (Å²) in [6.07, 6.45) is 1.66. The van der Waals surface area contributed by atoms with Crippen molar-refractivity contribution in [1.29, 1.82) is 0 Å². The number of carbonyl (C=O) groups excluding carboxylic acids is 1. The molecule has 7 heteroatoms. The van der Waals surface area contributed by atoms with Crippen molar-refractivity contribution in [2.75, 3.05) is 7.11 Å². The van der Waals surface area contributed by atoms with E-state index in [9.17, 15) is 15.0 Å². The highest BCUT2D eigenvalue weighted by Gasteiger charge is 2.32. The minimum atomic E-state index is -0.679. The average Bonchev–Trinajstić information content (AvgIpc) is 2.91. The Morgan fingerprint density at radius 1 is 1.19 bits per heavy atom. The van der Waals surface area contributed by atoms with Gasteiger partial charge in [-0.2, -0.15) is 0 Å². The lowest BCUT2D eigenvalue weighted by Gasteiger charge is -2.02. The van der Waals surface area contributed by atoms with Crippen LogP contribution in [0.5, 0.6) is 5.75 Å². The van der Waals surface area contributed by atoms with Gasteiger partial charge in [-0.3, -0.25) is 0 Å². The zero-order chi connectivity index (χ0) is 18.7. The number of rotatable bonds is 3. The summed E-state index contributed by atoms with van der Waals surface area (Å²) in [5.74, 6) is -0.783. The first-order valence-corrected chi connectivity index (χ1v) is 8.72. The number of aliphatic imine (C=N–C) groups is 1. The topological polar surface area (TPSA) is 79.1 Å². The van der Waals surface area contributed by atoms with E-state index in [2.05, 4.69) is 4.99 Å². The van der Waals surface area contributed by atoms with Gasteiger partial charge in [-0.25, -0.2) is 9.79 Å². The van der Waals surface area contributed by atoms with Gasteiger partial charge in [-0.15, -0.1) is 0 Å². The third kappa shape index (κ3) is 3.92. The van der Waals surface area contributed by atoms with Crippen LogP contribution in [0.25, 0.3) is 6.08 Å². The predicted octanol–water partition coefficient (Wildman–Crippen LogP) is 4.85. The number of methoxy groups -OCH3 is 1. The number of aliphatic hydroxyl groups is 1. The highest BCUT2D eigenvalue weighted by molar-refractivity contribution is 8.18. The summed E-state index contributed by atoms with van der Waals surface area (Å²) in [6.45, 7) is 0. The molecule has 26 heavy (non-hydrogen) atoms. The van der Waals surface area contributed by atoms with Crippen molar-refractivity contribution in [3.05, 3.63) is 75.4 Å². The molecule has 2 aromatic rings. The van der Waals surface area contributed by atoms with Crippen molar-refractivity contribution >= 4 is 46.1 Å². The van der Waals surface area contributed by atoms with Gasteiger partial charge in [0, 0.05) is 5.02 Å². The molecule has 0 amide bonds. The van der Waals surface area contributed by atoms with Crippen LogP contribution < -0.4 is 0 Å². The Labute approximate surface area is 159 Å². The van der Waals surface area contributed by atoms with E-state index in [0.717, 1.165) is 11.8 Å². The summed E-state index contributed by atoms with van der Waals surface area (Å²) in [6, 6.07) is 13.3. The third-order valence-corrected chi connectivity index (χ3v) is 4.78. The summed E-state index contributed by atoms with van der Waals surface area (Å²) in [7, 11) is 1.24. The van der Waals surface area contributed by atoms with Crippen LogP contribution in [0.2, 0.25) is 5.02 Å². The van der Waals surface area contributed by atoms with Gasteiger partial charge in [0.1, 0.15) is 22.1 Å². The molecule has 2 N–H and O–H groups in total. The number of carbonyl (C=O) groups is 1. The van der Waals surface area contributed by atoms with Crippen molar-refractivity contribution in [2.24, 2.45) is 4.99 Å². The number of thioether (sulfide) groups is 1. The largest absolute Gasteiger partial charge is 0.508 e. The number of esters is 1. The van der Waals surface area contributed by atoms with Crippen molar-refractivity contribution in [1.82, 2.24) is 0 Å². The number of phenolic OH excluding ortho intramolecular Hbond substituents is 1. The normalized spacial score (nSPS) is 17.2. The molecule has 2 aromatic carbocycles. The third-order valence-electron chi connectivity index (χ3n) is 3.51. The van der Waals surface area contributed by atoms with Gasteiger partial charge >= 0.3 is 5.97 Å². The molecule has 0 radical (unpaired) electrons. The molecule has 132 valence electrons. The molecular weight excluding hydrogens is 374 g/mol. The molecule has 0 unspecified atom stereocenters. The first-order valence-electron chi connectivity index (χ1n) is 7.53. The maximum absolute atomic E-state index is 12.1. The van der Waals surface area contributed by atoms with Crippen LogP contribution in [0, 0.1) is 0 Å². The molecule has 0 saturated heterocycles. The molecule has 1 heterocycles. The lowest BCUT2D eigenvalue weighted by atomic mass is 10.1. The van der Waals surface area contributed by atoms with Crippen LogP contribution in [-0.2, 0) is 9.53 Å². The van der Waals surface area contributed by atoms with Crippen LogP contribution >= 0.6 is 23.4 Å². The fraction of sp³-hybridized carbons (Fsp3) is 0.0526.